The molecule has 6 heteroatoms. The molecule has 0 aromatic heterocycles. The highest BCUT2D eigenvalue weighted by Crippen LogP contribution is 2.27. The van der Waals surface area contributed by atoms with Crippen molar-refractivity contribution in [2.45, 2.75) is 0 Å². The lowest BCUT2D eigenvalue weighted by atomic mass is 10.2. The molecular formula is C13H9BrCl2N2O. The summed E-state index contributed by atoms with van der Waals surface area (Å²) >= 11 is 15.0. The van der Waals surface area contributed by atoms with Crippen LogP contribution in [0.2, 0.25) is 10.0 Å². The number of halogens is 3. The van der Waals surface area contributed by atoms with Gasteiger partial charge in [0.2, 0.25) is 0 Å². The zero-order chi connectivity index (χ0) is 14.0. The van der Waals surface area contributed by atoms with Gasteiger partial charge in [-0.05, 0) is 52.3 Å². The third-order valence-electron chi connectivity index (χ3n) is 2.44. The van der Waals surface area contributed by atoms with Crippen molar-refractivity contribution in [2.75, 3.05) is 11.1 Å². The van der Waals surface area contributed by atoms with Crippen molar-refractivity contribution in [3.63, 3.8) is 0 Å². The van der Waals surface area contributed by atoms with E-state index in [1.807, 2.05) is 0 Å². The lowest BCUT2D eigenvalue weighted by molar-refractivity contribution is 0.102. The maximum absolute atomic E-state index is 12.1. The van der Waals surface area contributed by atoms with Crippen molar-refractivity contribution >= 4 is 56.4 Å². The minimum atomic E-state index is -0.273. The summed E-state index contributed by atoms with van der Waals surface area (Å²) in [5.74, 6) is -0.273. The van der Waals surface area contributed by atoms with E-state index in [2.05, 4.69) is 21.2 Å². The van der Waals surface area contributed by atoms with Crippen LogP contribution in [0.1, 0.15) is 10.4 Å². The summed E-state index contributed by atoms with van der Waals surface area (Å²) in [6.45, 7) is 0. The Hall–Kier alpha value is -1.23. The minimum Gasteiger partial charge on any atom is -0.398 e. The van der Waals surface area contributed by atoms with E-state index in [0.717, 1.165) is 0 Å². The van der Waals surface area contributed by atoms with Crippen LogP contribution in [0, 0.1) is 0 Å². The average Bonchev–Trinajstić information content (AvgIpc) is 2.36. The Balaban J connectivity index is 2.23. The van der Waals surface area contributed by atoms with E-state index in [1.54, 1.807) is 30.3 Å². The molecule has 3 N–H and O–H groups in total. The number of carbonyl (C=O) groups is 1. The quantitative estimate of drug-likeness (QED) is 0.770. The van der Waals surface area contributed by atoms with Crippen LogP contribution in [0.15, 0.2) is 40.9 Å². The van der Waals surface area contributed by atoms with Crippen molar-refractivity contribution in [1.82, 2.24) is 0 Å². The Morgan fingerprint density at radius 3 is 2.53 bits per heavy atom. The van der Waals surface area contributed by atoms with Crippen LogP contribution in [-0.2, 0) is 0 Å². The van der Waals surface area contributed by atoms with Gasteiger partial charge in [0.25, 0.3) is 5.91 Å². The predicted octanol–water partition coefficient (Wildman–Crippen LogP) is 4.59. The predicted molar refractivity (Wildman–Crippen MR) is 83.0 cm³/mol. The molecule has 2 aromatic carbocycles. The van der Waals surface area contributed by atoms with Gasteiger partial charge in [-0.15, -0.1) is 0 Å². The van der Waals surface area contributed by atoms with Gasteiger partial charge in [0.05, 0.1) is 16.4 Å². The zero-order valence-electron chi connectivity index (χ0n) is 9.58. The van der Waals surface area contributed by atoms with Gasteiger partial charge in [-0.2, -0.15) is 0 Å². The molecule has 0 heterocycles. The first-order valence-electron chi connectivity index (χ1n) is 5.29. The molecule has 1 amide bonds. The molecule has 0 spiro atoms. The second-order valence-corrected chi connectivity index (χ2v) is 5.51. The van der Waals surface area contributed by atoms with Gasteiger partial charge in [0.1, 0.15) is 0 Å². The molecule has 3 nitrogen and oxygen atoms in total. The Labute approximate surface area is 128 Å². The Bertz CT molecular complexity index is 647. The van der Waals surface area contributed by atoms with Crippen molar-refractivity contribution in [3.05, 3.63) is 56.5 Å². The first-order chi connectivity index (χ1) is 8.97. The number of benzene rings is 2. The SMILES string of the molecule is Nc1ccc(C(=O)Nc2ccc(Cl)cc2Br)cc1Cl. The lowest BCUT2D eigenvalue weighted by Crippen LogP contribution is -2.12. The fourth-order valence-electron chi connectivity index (χ4n) is 1.45. The second-order valence-electron chi connectivity index (χ2n) is 3.81. The maximum Gasteiger partial charge on any atom is 0.255 e. The summed E-state index contributed by atoms with van der Waals surface area (Å²) in [4.78, 5) is 12.1. The monoisotopic (exact) mass is 358 g/mol. The van der Waals surface area contributed by atoms with E-state index in [-0.39, 0.29) is 5.91 Å². The van der Waals surface area contributed by atoms with Crippen molar-refractivity contribution in [3.8, 4) is 0 Å². The smallest absolute Gasteiger partial charge is 0.255 e. The van der Waals surface area contributed by atoms with Crippen LogP contribution in [0.25, 0.3) is 0 Å². The van der Waals surface area contributed by atoms with Gasteiger partial charge in [-0.3, -0.25) is 4.79 Å². The fourth-order valence-corrected chi connectivity index (χ4v) is 2.42. The number of amides is 1. The summed E-state index contributed by atoms with van der Waals surface area (Å²) in [6, 6.07) is 9.83. The molecule has 0 aliphatic carbocycles. The van der Waals surface area contributed by atoms with E-state index >= 15 is 0 Å². The maximum atomic E-state index is 12.1. The van der Waals surface area contributed by atoms with Crippen LogP contribution in [0.4, 0.5) is 11.4 Å². The topological polar surface area (TPSA) is 55.1 Å². The number of nitrogens with one attached hydrogen (secondary N) is 1. The summed E-state index contributed by atoms with van der Waals surface area (Å²) in [5.41, 5.74) is 7.09. The van der Waals surface area contributed by atoms with Gasteiger partial charge >= 0.3 is 0 Å². The summed E-state index contributed by atoms with van der Waals surface area (Å²) in [7, 11) is 0. The van der Waals surface area contributed by atoms with Gasteiger partial charge in [0, 0.05) is 15.1 Å². The van der Waals surface area contributed by atoms with Gasteiger partial charge in [-0.25, -0.2) is 0 Å². The molecule has 98 valence electrons. The normalized spacial score (nSPS) is 10.3. The third kappa shape index (κ3) is 3.41. The van der Waals surface area contributed by atoms with Crippen LogP contribution in [-0.4, -0.2) is 5.91 Å². The lowest BCUT2D eigenvalue weighted by Gasteiger charge is -2.08. The minimum absolute atomic E-state index is 0.273. The fraction of sp³-hybridized carbons (Fsp3) is 0. The number of nitrogen functional groups attached to an aromatic ring is 1. The molecule has 0 radical (unpaired) electrons. The molecule has 0 saturated carbocycles. The molecule has 0 saturated heterocycles. The average molecular weight is 360 g/mol. The largest absolute Gasteiger partial charge is 0.398 e. The Kier molecular flexibility index (Phi) is 4.34. The first kappa shape index (κ1) is 14.2. The van der Waals surface area contributed by atoms with E-state index in [4.69, 9.17) is 28.9 Å². The van der Waals surface area contributed by atoms with Crippen LogP contribution in [0.3, 0.4) is 0 Å². The highest BCUT2D eigenvalue weighted by atomic mass is 79.9. The number of hydrogen-bond acceptors (Lipinski definition) is 2. The molecular weight excluding hydrogens is 351 g/mol. The molecule has 0 atom stereocenters. The number of nitrogens with two attached hydrogens (primary N) is 1. The molecule has 0 bridgehead atoms. The molecule has 0 unspecified atom stereocenters. The molecule has 2 aromatic rings. The number of rotatable bonds is 2. The van der Waals surface area contributed by atoms with E-state index in [9.17, 15) is 4.79 Å². The van der Waals surface area contributed by atoms with E-state index in [1.165, 1.54) is 6.07 Å². The first-order valence-corrected chi connectivity index (χ1v) is 6.83. The molecule has 0 aliphatic heterocycles. The Morgan fingerprint density at radius 2 is 1.89 bits per heavy atom. The van der Waals surface area contributed by atoms with Crippen LogP contribution >= 0.6 is 39.1 Å². The second kappa shape index (κ2) is 5.82. The van der Waals surface area contributed by atoms with Crippen LogP contribution in [0.5, 0.6) is 0 Å². The van der Waals surface area contributed by atoms with Crippen LogP contribution < -0.4 is 11.1 Å². The van der Waals surface area contributed by atoms with Gasteiger partial charge in [0.15, 0.2) is 0 Å². The standard InChI is InChI=1S/C13H9BrCl2N2O/c14-9-6-8(15)2-4-12(9)18-13(19)7-1-3-11(17)10(16)5-7/h1-6H,17H2,(H,18,19). The van der Waals surface area contributed by atoms with Crippen molar-refractivity contribution < 1.29 is 4.79 Å². The summed E-state index contributed by atoms with van der Waals surface area (Å²) in [5, 5.41) is 3.69. The summed E-state index contributed by atoms with van der Waals surface area (Å²) < 4.78 is 0.704. The van der Waals surface area contributed by atoms with Crippen molar-refractivity contribution in [2.24, 2.45) is 0 Å². The molecule has 2 rings (SSSR count). The van der Waals surface area contributed by atoms with E-state index < -0.39 is 0 Å². The Morgan fingerprint density at radius 1 is 1.16 bits per heavy atom. The number of carbonyl (C=O) groups excluding carboxylic acids is 1. The number of anilines is 2. The summed E-state index contributed by atoms with van der Waals surface area (Å²) in [6.07, 6.45) is 0. The van der Waals surface area contributed by atoms with E-state index in [0.29, 0.717) is 31.5 Å². The number of hydrogen-bond donors (Lipinski definition) is 2. The van der Waals surface area contributed by atoms with Gasteiger partial charge in [-0.1, -0.05) is 23.2 Å². The molecule has 0 aliphatic rings. The third-order valence-corrected chi connectivity index (χ3v) is 3.66. The molecule has 19 heavy (non-hydrogen) atoms. The highest BCUT2D eigenvalue weighted by molar-refractivity contribution is 9.10. The highest BCUT2D eigenvalue weighted by Gasteiger charge is 2.10. The molecule has 0 fully saturated rings. The zero-order valence-corrected chi connectivity index (χ0v) is 12.7. The van der Waals surface area contributed by atoms with Crippen molar-refractivity contribution in [1.29, 1.82) is 0 Å². The van der Waals surface area contributed by atoms with Gasteiger partial charge < -0.3 is 11.1 Å².